The lowest BCUT2D eigenvalue weighted by Gasteiger charge is -1.87. The maximum absolute atomic E-state index is 5.67. The van der Waals surface area contributed by atoms with Gasteiger partial charge in [0.05, 0.1) is 0 Å². The van der Waals surface area contributed by atoms with Crippen LogP contribution in [0.15, 0.2) is 12.3 Å². The van der Waals surface area contributed by atoms with Crippen molar-refractivity contribution in [2.75, 3.05) is 0 Å². The van der Waals surface area contributed by atoms with E-state index in [-0.39, 0.29) is 0 Å². The van der Waals surface area contributed by atoms with Crippen molar-refractivity contribution in [3.05, 3.63) is 12.3 Å². The van der Waals surface area contributed by atoms with Gasteiger partial charge in [0.15, 0.2) is 8.11 Å². The first-order valence-corrected chi connectivity index (χ1v) is 5.30. The molecule has 0 aliphatic rings. The fourth-order valence-corrected chi connectivity index (χ4v) is 0.500. The van der Waals surface area contributed by atoms with Crippen molar-refractivity contribution in [3.8, 4) is 0 Å². The molecule has 0 fully saturated rings. The molecule has 0 saturated carbocycles. The van der Waals surface area contributed by atoms with Gasteiger partial charge in [0, 0.05) is 0 Å². The van der Waals surface area contributed by atoms with Crippen molar-refractivity contribution in [2.24, 2.45) is 0 Å². The molecule has 36 valence electrons. The van der Waals surface area contributed by atoms with Crippen molar-refractivity contribution in [1.82, 2.24) is 0 Å². The summed E-state index contributed by atoms with van der Waals surface area (Å²) >= 11 is 5.67. The number of hydrogen-bond acceptors (Lipinski definition) is 0. The van der Waals surface area contributed by atoms with Gasteiger partial charge in [0.25, 0.3) is 0 Å². The van der Waals surface area contributed by atoms with Gasteiger partial charge in [-0.05, 0) is 6.04 Å². The highest BCUT2D eigenvalue weighted by atomic mass is 35.6. The van der Waals surface area contributed by atoms with Crippen LogP contribution in [0, 0.1) is 0 Å². The van der Waals surface area contributed by atoms with E-state index in [0.717, 1.165) is 6.04 Å². The van der Waals surface area contributed by atoms with Crippen LogP contribution in [-0.4, -0.2) is 8.11 Å². The second kappa shape index (κ2) is 3.44. The number of hydrogen-bond donors (Lipinski definition) is 0. The minimum atomic E-state index is -0.924. The molecular weight excluding hydrogens is 112 g/mol. The third-order valence-corrected chi connectivity index (χ3v) is 3.40. The third kappa shape index (κ3) is 2.48. The van der Waals surface area contributed by atoms with Gasteiger partial charge >= 0.3 is 0 Å². The molecule has 0 aliphatic heterocycles. The molecular formula is C4H9ClSi. The van der Waals surface area contributed by atoms with Gasteiger partial charge in [-0.25, -0.2) is 0 Å². The summed E-state index contributed by atoms with van der Waals surface area (Å²) in [6.45, 7) is 5.65. The third-order valence-electron chi connectivity index (χ3n) is 0.646. The Morgan fingerprint density at radius 3 is 2.50 bits per heavy atom. The van der Waals surface area contributed by atoms with E-state index in [1.807, 2.05) is 5.70 Å². The van der Waals surface area contributed by atoms with Gasteiger partial charge in [-0.3, -0.25) is 0 Å². The molecule has 0 aromatic rings. The minimum absolute atomic E-state index is 0.924. The zero-order valence-electron chi connectivity index (χ0n) is 3.95. The fourth-order valence-electron chi connectivity index (χ4n) is 0.167. The lowest BCUT2D eigenvalue weighted by atomic mass is 11.0. The largest absolute Gasteiger partial charge is 0.166 e. The monoisotopic (exact) mass is 120 g/mol. The average molecular weight is 121 g/mol. The Hall–Kier alpha value is 0.247. The summed E-state index contributed by atoms with van der Waals surface area (Å²) in [7, 11) is -0.924. The van der Waals surface area contributed by atoms with Crippen LogP contribution in [0.25, 0.3) is 0 Å². The molecule has 0 saturated heterocycles. The van der Waals surface area contributed by atoms with Crippen molar-refractivity contribution in [2.45, 2.75) is 13.0 Å². The Kier molecular flexibility index (Phi) is 3.58. The SMILES string of the molecule is C=C[SiH](Cl)CC. The molecule has 6 heavy (non-hydrogen) atoms. The first-order chi connectivity index (χ1) is 2.81. The second-order valence-corrected chi connectivity index (χ2v) is 5.16. The molecule has 0 radical (unpaired) electrons. The second-order valence-electron chi connectivity index (χ2n) is 1.16. The molecule has 0 bridgehead atoms. The van der Waals surface area contributed by atoms with Crippen LogP contribution in [0.5, 0.6) is 0 Å². The topological polar surface area (TPSA) is 0 Å². The molecule has 0 N–H and O–H groups in total. The molecule has 0 rings (SSSR count). The van der Waals surface area contributed by atoms with Gasteiger partial charge in [-0.1, -0.05) is 12.6 Å². The highest BCUT2D eigenvalue weighted by molar-refractivity contribution is 7.09. The van der Waals surface area contributed by atoms with Crippen LogP contribution in [0.2, 0.25) is 6.04 Å². The number of rotatable bonds is 2. The maximum Gasteiger partial charge on any atom is 0.163 e. The van der Waals surface area contributed by atoms with E-state index in [1.165, 1.54) is 0 Å². The predicted octanol–water partition coefficient (Wildman–Crippen LogP) is 1.69. The Bertz CT molecular complexity index is 44.8. The summed E-state index contributed by atoms with van der Waals surface area (Å²) in [6, 6.07) is 1.12. The predicted molar refractivity (Wildman–Crippen MR) is 33.7 cm³/mol. The molecule has 0 aromatic heterocycles. The summed E-state index contributed by atoms with van der Waals surface area (Å²) < 4.78 is 0. The lowest BCUT2D eigenvalue weighted by Crippen LogP contribution is -1.92. The summed E-state index contributed by atoms with van der Waals surface area (Å²) in [6.07, 6.45) is 0. The van der Waals surface area contributed by atoms with E-state index in [0.29, 0.717) is 0 Å². The Balaban J connectivity index is 2.96. The molecule has 0 aromatic carbocycles. The highest BCUT2D eigenvalue weighted by Gasteiger charge is 1.91. The standard InChI is InChI=1S/C4H9ClSi/c1-3-6(5)4-2/h3,6H,1,4H2,2H3. The Labute approximate surface area is 45.1 Å². The van der Waals surface area contributed by atoms with E-state index < -0.39 is 8.11 Å². The molecule has 1 atom stereocenters. The number of halogens is 1. The van der Waals surface area contributed by atoms with Crippen LogP contribution in [0.1, 0.15) is 6.92 Å². The van der Waals surface area contributed by atoms with E-state index in [9.17, 15) is 0 Å². The maximum atomic E-state index is 5.67. The Morgan fingerprint density at radius 2 is 2.50 bits per heavy atom. The van der Waals surface area contributed by atoms with Crippen LogP contribution < -0.4 is 0 Å². The molecule has 0 heterocycles. The van der Waals surface area contributed by atoms with Gasteiger partial charge in [0.2, 0.25) is 0 Å². The van der Waals surface area contributed by atoms with Gasteiger partial charge in [-0.2, -0.15) is 11.1 Å². The van der Waals surface area contributed by atoms with Gasteiger partial charge in [-0.15, -0.1) is 6.58 Å². The van der Waals surface area contributed by atoms with Crippen LogP contribution in [-0.2, 0) is 0 Å². The summed E-state index contributed by atoms with van der Waals surface area (Å²) in [5.41, 5.74) is 1.88. The zero-order valence-corrected chi connectivity index (χ0v) is 5.86. The molecule has 1 unspecified atom stereocenters. The lowest BCUT2D eigenvalue weighted by molar-refractivity contribution is 1.46. The van der Waals surface area contributed by atoms with Crippen molar-refractivity contribution >= 4 is 19.2 Å². The molecule has 2 heteroatoms. The van der Waals surface area contributed by atoms with Crippen molar-refractivity contribution in [1.29, 1.82) is 0 Å². The van der Waals surface area contributed by atoms with Crippen LogP contribution >= 0.6 is 11.1 Å². The van der Waals surface area contributed by atoms with E-state index in [4.69, 9.17) is 11.1 Å². The average Bonchev–Trinajstić information content (AvgIpc) is 1.65. The van der Waals surface area contributed by atoms with E-state index in [2.05, 4.69) is 13.5 Å². The Morgan fingerprint density at radius 1 is 2.00 bits per heavy atom. The quantitative estimate of drug-likeness (QED) is 0.385. The fraction of sp³-hybridized carbons (Fsp3) is 0.500. The van der Waals surface area contributed by atoms with E-state index >= 15 is 0 Å². The molecule has 0 aliphatic carbocycles. The minimum Gasteiger partial charge on any atom is -0.166 e. The van der Waals surface area contributed by atoms with Gasteiger partial charge in [0.1, 0.15) is 0 Å². The van der Waals surface area contributed by atoms with Gasteiger partial charge < -0.3 is 0 Å². The zero-order chi connectivity index (χ0) is 4.99. The molecule has 0 nitrogen and oxygen atoms in total. The first kappa shape index (κ1) is 6.25. The summed E-state index contributed by atoms with van der Waals surface area (Å²) in [5.74, 6) is 0. The molecule has 0 spiro atoms. The van der Waals surface area contributed by atoms with Crippen molar-refractivity contribution in [3.63, 3.8) is 0 Å². The smallest absolute Gasteiger partial charge is 0.163 e. The normalized spacial score (nSPS) is 13.7. The van der Waals surface area contributed by atoms with Crippen LogP contribution in [0.4, 0.5) is 0 Å². The van der Waals surface area contributed by atoms with E-state index in [1.54, 1.807) is 0 Å². The first-order valence-electron chi connectivity index (χ1n) is 2.08. The highest BCUT2D eigenvalue weighted by Crippen LogP contribution is 1.94. The molecule has 0 amide bonds. The summed E-state index contributed by atoms with van der Waals surface area (Å²) in [4.78, 5) is 0. The van der Waals surface area contributed by atoms with Crippen LogP contribution in [0.3, 0.4) is 0 Å². The van der Waals surface area contributed by atoms with Crippen molar-refractivity contribution < 1.29 is 0 Å². The summed E-state index contributed by atoms with van der Waals surface area (Å²) in [5, 5.41) is 0.